The van der Waals surface area contributed by atoms with Gasteiger partial charge in [-0.05, 0) is 22.0 Å². The minimum Gasteiger partial charge on any atom is -0.481 e. The lowest BCUT2D eigenvalue weighted by Crippen LogP contribution is -1.99. The molecule has 0 saturated heterocycles. The summed E-state index contributed by atoms with van der Waals surface area (Å²) in [6.45, 7) is 0. The average molecular weight is 393 g/mol. The zero-order chi connectivity index (χ0) is 15.6. The van der Waals surface area contributed by atoms with E-state index in [4.69, 9.17) is 5.11 Å². The van der Waals surface area contributed by atoms with E-state index in [1.165, 1.54) is 17.4 Å². The molecule has 0 amide bonds. The number of carboxylic acids is 1. The summed E-state index contributed by atoms with van der Waals surface area (Å²) in [5.74, 6) is -1.73. The summed E-state index contributed by atoms with van der Waals surface area (Å²) in [7, 11) is 0. The number of aliphatic carboxylic acids is 1. The second kappa shape index (κ2) is 6.50. The Hall–Kier alpha value is -1.52. The Morgan fingerprint density at radius 1 is 1.57 bits per heavy atom. The predicted molar refractivity (Wildman–Crippen MR) is 78.3 cm³/mol. The molecule has 110 valence electrons. The van der Waals surface area contributed by atoms with Gasteiger partial charge in [-0.15, -0.1) is 11.3 Å². The number of benzene rings is 1. The van der Waals surface area contributed by atoms with Crippen molar-refractivity contribution in [2.45, 2.75) is 15.7 Å². The van der Waals surface area contributed by atoms with Crippen LogP contribution in [0.25, 0.3) is 0 Å². The van der Waals surface area contributed by atoms with Crippen LogP contribution in [0.3, 0.4) is 0 Å². The maximum absolute atomic E-state index is 13.4. The standard InChI is InChI=1S/C11H6BrFN2O4S2/c12-6-2-9(8(15(18)19)3-7(6)13)21-11-14-5(4-20-11)1-10(16)17/h2-4H,1H2,(H,16,17). The third-order valence-electron chi connectivity index (χ3n) is 2.26. The first-order valence-electron chi connectivity index (χ1n) is 5.34. The minimum absolute atomic E-state index is 0.109. The third kappa shape index (κ3) is 3.99. The highest BCUT2D eigenvalue weighted by Crippen LogP contribution is 2.38. The number of halogens is 2. The van der Waals surface area contributed by atoms with Crippen molar-refractivity contribution in [1.29, 1.82) is 0 Å². The van der Waals surface area contributed by atoms with Crippen molar-refractivity contribution >= 4 is 50.7 Å². The SMILES string of the molecule is O=C(O)Cc1csc(Sc2cc(Br)c(F)cc2[N+](=O)[O-])n1. The van der Waals surface area contributed by atoms with Crippen LogP contribution in [-0.2, 0) is 11.2 Å². The fourth-order valence-corrected chi connectivity index (χ4v) is 3.82. The van der Waals surface area contributed by atoms with Crippen LogP contribution in [0.5, 0.6) is 0 Å². The number of hydrogen-bond donors (Lipinski definition) is 1. The molecule has 1 N–H and O–H groups in total. The largest absolute Gasteiger partial charge is 0.481 e. The topological polar surface area (TPSA) is 93.3 Å². The second-order valence-corrected chi connectivity index (χ2v) is 6.77. The highest BCUT2D eigenvalue weighted by atomic mass is 79.9. The summed E-state index contributed by atoms with van der Waals surface area (Å²) in [5, 5.41) is 21.2. The molecule has 1 aromatic heterocycles. The highest BCUT2D eigenvalue weighted by molar-refractivity contribution is 9.10. The molecule has 0 radical (unpaired) electrons. The van der Waals surface area contributed by atoms with Gasteiger partial charge in [-0.2, -0.15) is 0 Å². The molecule has 0 atom stereocenters. The zero-order valence-corrected chi connectivity index (χ0v) is 13.3. The molecule has 6 nitrogen and oxygen atoms in total. The maximum atomic E-state index is 13.4. The first kappa shape index (κ1) is 15.9. The Morgan fingerprint density at radius 3 is 2.90 bits per heavy atom. The Bertz CT molecular complexity index is 722. The van der Waals surface area contributed by atoms with Crippen LogP contribution in [0.2, 0.25) is 0 Å². The number of nitrogens with zero attached hydrogens (tertiary/aromatic N) is 2. The van der Waals surface area contributed by atoms with E-state index in [9.17, 15) is 19.3 Å². The number of carbonyl (C=O) groups is 1. The van der Waals surface area contributed by atoms with Gasteiger partial charge in [0.15, 0.2) is 4.34 Å². The minimum atomic E-state index is -1.01. The average Bonchev–Trinajstić information content (AvgIpc) is 2.79. The normalized spacial score (nSPS) is 10.6. The van der Waals surface area contributed by atoms with Crippen LogP contribution in [0.4, 0.5) is 10.1 Å². The van der Waals surface area contributed by atoms with Gasteiger partial charge in [0.25, 0.3) is 5.69 Å². The van der Waals surface area contributed by atoms with Crippen molar-refractivity contribution in [2.24, 2.45) is 0 Å². The van der Waals surface area contributed by atoms with E-state index in [0.29, 0.717) is 10.0 Å². The van der Waals surface area contributed by atoms with Gasteiger partial charge in [-0.3, -0.25) is 14.9 Å². The second-order valence-electron chi connectivity index (χ2n) is 3.77. The van der Waals surface area contributed by atoms with E-state index in [1.54, 1.807) is 5.38 Å². The molecule has 1 heterocycles. The van der Waals surface area contributed by atoms with Gasteiger partial charge in [-0.1, -0.05) is 11.8 Å². The summed E-state index contributed by atoms with van der Waals surface area (Å²) in [6, 6.07) is 2.13. The Morgan fingerprint density at radius 2 is 2.29 bits per heavy atom. The van der Waals surface area contributed by atoms with Crippen molar-refractivity contribution in [3.05, 3.63) is 43.6 Å². The van der Waals surface area contributed by atoms with E-state index in [2.05, 4.69) is 20.9 Å². The molecule has 0 fully saturated rings. The van der Waals surface area contributed by atoms with Crippen LogP contribution in [-0.4, -0.2) is 21.0 Å². The lowest BCUT2D eigenvalue weighted by molar-refractivity contribution is -0.387. The molecule has 0 aliphatic carbocycles. The molecule has 21 heavy (non-hydrogen) atoms. The lowest BCUT2D eigenvalue weighted by atomic mass is 10.3. The Labute approximate surface area is 134 Å². The highest BCUT2D eigenvalue weighted by Gasteiger charge is 2.20. The number of rotatable bonds is 5. The molecule has 10 heteroatoms. The number of hydrogen-bond acceptors (Lipinski definition) is 6. The first-order valence-corrected chi connectivity index (χ1v) is 7.83. The van der Waals surface area contributed by atoms with Crippen LogP contribution < -0.4 is 0 Å². The van der Waals surface area contributed by atoms with Crippen LogP contribution in [0.1, 0.15) is 5.69 Å². The van der Waals surface area contributed by atoms with E-state index in [1.807, 2.05) is 0 Å². The van der Waals surface area contributed by atoms with Crippen molar-refractivity contribution in [3.8, 4) is 0 Å². The van der Waals surface area contributed by atoms with Gasteiger partial charge in [0.2, 0.25) is 0 Å². The Balaban J connectivity index is 2.30. The van der Waals surface area contributed by atoms with Gasteiger partial charge in [0.05, 0.1) is 32.5 Å². The van der Waals surface area contributed by atoms with Gasteiger partial charge >= 0.3 is 5.97 Å². The van der Waals surface area contributed by atoms with E-state index in [0.717, 1.165) is 17.8 Å². The van der Waals surface area contributed by atoms with Crippen molar-refractivity contribution in [2.75, 3.05) is 0 Å². The quantitative estimate of drug-likeness (QED) is 0.615. The number of aromatic nitrogens is 1. The molecule has 0 bridgehead atoms. The number of nitro groups is 1. The van der Waals surface area contributed by atoms with Crippen molar-refractivity contribution in [1.82, 2.24) is 4.98 Å². The fraction of sp³-hybridized carbons (Fsp3) is 0.0909. The third-order valence-corrected chi connectivity index (χ3v) is 4.90. The van der Waals surface area contributed by atoms with Crippen molar-refractivity contribution < 1.29 is 19.2 Å². The molecule has 0 saturated carbocycles. The molecule has 2 aromatic rings. The zero-order valence-electron chi connectivity index (χ0n) is 10.1. The first-order chi connectivity index (χ1) is 9.86. The van der Waals surface area contributed by atoms with E-state index < -0.39 is 16.7 Å². The van der Waals surface area contributed by atoms with Gasteiger partial charge < -0.3 is 5.11 Å². The predicted octanol–water partition coefficient (Wildman–Crippen LogP) is 3.73. The maximum Gasteiger partial charge on any atom is 0.309 e. The summed E-state index contributed by atoms with van der Waals surface area (Å²) in [4.78, 5) is 25.1. The van der Waals surface area contributed by atoms with Crippen LogP contribution >= 0.6 is 39.0 Å². The number of thiazole rings is 1. The van der Waals surface area contributed by atoms with Crippen LogP contribution in [0, 0.1) is 15.9 Å². The summed E-state index contributed by atoms with van der Waals surface area (Å²) in [5.41, 5.74) is 0.00881. The van der Waals surface area contributed by atoms with Gasteiger partial charge in [0.1, 0.15) is 5.82 Å². The molecule has 0 aliphatic rings. The summed E-state index contributed by atoms with van der Waals surface area (Å²) < 4.78 is 13.9. The molecule has 1 aromatic carbocycles. The lowest BCUT2D eigenvalue weighted by Gasteiger charge is -2.02. The fourth-order valence-electron chi connectivity index (χ4n) is 1.41. The monoisotopic (exact) mass is 392 g/mol. The molecule has 0 spiro atoms. The van der Waals surface area contributed by atoms with Crippen LogP contribution in [0.15, 0.2) is 31.2 Å². The molecular weight excluding hydrogens is 387 g/mol. The molecule has 2 rings (SSSR count). The van der Waals surface area contributed by atoms with Gasteiger partial charge in [-0.25, -0.2) is 9.37 Å². The van der Waals surface area contributed by atoms with Crippen molar-refractivity contribution in [3.63, 3.8) is 0 Å². The number of carboxylic acid groups (broad SMARTS) is 1. The Kier molecular flexibility index (Phi) is 4.91. The molecular formula is C11H6BrFN2O4S2. The molecule has 0 aliphatic heterocycles. The summed E-state index contributed by atoms with van der Waals surface area (Å²) in [6.07, 6.45) is -0.216. The summed E-state index contributed by atoms with van der Waals surface area (Å²) >= 11 is 5.14. The smallest absolute Gasteiger partial charge is 0.309 e. The van der Waals surface area contributed by atoms with E-state index >= 15 is 0 Å². The number of nitro benzene ring substituents is 1. The molecule has 0 unspecified atom stereocenters. The van der Waals surface area contributed by atoms with E-state index in [-0.39, 0.29) is 21.5 Å². The van der Waals surface area contributed by atoms with Gasteiger partial charge in [0, 0.05) is 5.38 Å².